The van der Waals surface area contributed by atoms with Crippen molar-refractivity contribution in [3.05, 3.63) is 36.2 Å². The highest BCUT2D eigenvalue weighted by atomic mass is 16.1. The van der Waals surface area contributed by atoms with Crippen LogP contribution in [0.5, 0.6) is 0 Å². The molecular formula is C11H15NO. The van der Waals surface area contributed by atoms with Gasteiger partial charge in [0.2, 0.25) is 0 Å². The number of hydrogen-bond acceptors (Lipinski definition) is 1. The smallest absolute Gasteiger partial charge is 0.176 e. The van der Waals surface area contributed by atoms with Crippen molar-refractivity contribution < 1.29 is 4.79 Å². The molecule has 0 N–H and O–H groups in total. The Morgan fingerprint density at radius 1 is 1.62 bits per heavy atom. The van der Waals surface area contributed by atoms with Crippen LogP contribution in [0.2, 0.25) is 0 Å². The summed E-state index contributed by atoms with van der Waals surface area (Å²) in [6.45, 7) is 8.32. The van der Waals surface area contributed by atoms with Crippen LogP contribution in [-0.4, -0.2) is 10.4 Å². The lowest BCUT2D eigenvalue weighted by molar-refractivity contribution is 0.100. The zero-order valence-corrected chi connectivity index (χ0v) is 8.21. The molecule has 0 radical (unpaired) electrons. The van der Waals surface area contributed by atoms with Gasteiger partial charge >= 0.3 is 0 Å². The zero-order chi connectivity index (χ0) is 9.84. The number of allylic oxidation sites excluding steroid dienone is 1. The Hall–Kier alpha value is -1.31. The molecule has 1 aromatic heterocycles. The van der Waals surface area contributed by atoms with Crippen LogP contribution >= 0.6 is 0 Å². The van der Waals surface area contributed by atoms with E-state index in [4.69, 9.17) is 0 Å². The number of carbonyl (C=O) groups is 1. The second-order valence-electron chi connectivity index (χ2n) is 3.18. The first-order chi connectivity index (χ1) is 6.15. The maximum Gasteiger partial charge on any atom is 0.176 e. The fraction of sp³-hybridized carbons (Fsp3) is 0.364. The van der Waals surface area contributed by atoms with Gasteiger partial charge in [0, 0.05) is 19.7 Å². The van der Waals surface area contributed by atoms with Crippen molar-refractivity contribution in [3.63, 3.8) is 0 Å². The fourth-order valence-corrected chi connectivity index (χ4v) is 1.22. The van der Waals surface area contributed by atoms with Gasteiger partial charge in [-0.25, -0.2) is 0 Å². The molecule has 0 fully saturated rings. The number of nitrogens with zero attached hydrogens (tertiary/aromatic N) is 1. The number of carbonyl (C=O) groups excluding carboxylic acids is 1. The van der Waals surface area contributed by atoms with Crippen molar-refractivity contribution in [1.82, 2.24) is 4.57 Å². The number of hydrogen-bond donors (Lipinski definition) is 0. The van der Waals surface area contributed by atoms with Gasteiger partial charge in [0.05, 0.1) is 5.69 Å². The standard InChI is InChI=1S/C11H15NO/c1-4-9(2)8-12-7-5-6-11(12)10(3)13/h5-7H,2,4,8H2,1,3H3. The van der Waals surface area contributed by atoms with Crippen LogP contribution in [0.1, 0.15) is 30.8 Å². The van der Waals surface area contributed by atoms with Gasteiger partial charge in [-0.1, -0.05) is 19.1 Å². The summed E-state index contributed by atoms with van der Waals surface area (Å²) < 4.78 is 1.94. The molecule has 0 amide bonds. The van der Waals surface area contributed by atoms with Crippen LogP contribution in [0.3, 0.4) is 0 Å². The van der Waals surface area contributed by atoms with Gasteiger partial charge in [-0.05, 0) is 18.6 Å². The SMILES string of the molecule is C=C(CC)Cn1cccc1C(C)=O. The van der Waals surface area contributed by atoms with E-state index in [9.17, 15) is 4.79 Å². The van der Waals surface area contributed by atoms with Gasteiger partial charge in [-0.2, -0.15) is 0 Å². The van der Waals surface area contributed by atoms with Crippen LogP contribution in [0, 0.1) is 0 Å². The summed E-state index contributed by atoms with van der Waals surface area (Å²) in [6.07, 6.45) is 2.87. The molecule has 2 nitrogen and oxygen atoms in total. The monoisotopic (exact) mass is 177 g/mol. The molecule has 1 heterocycles. The molecule has 0 aliphatic heterocycles. The lowest BCUT2D eigenvalue weighted by Gasteiger charge is -2.07. The predicted molar refractivity (Wildman–Crippen MR) is 53.9 cm³/mol. The van der Waals surface area contributed by atoms with E-state index < -0.39 is 0 Å². The first-order valence-electron chi connectivity index (χ1n) is 4.48. The van der Waals surface area contributed by atoms with E-state index in [-0.39, 0.29) is 5.78 Å². The van der Waals surface area contributed by atoms with Gasteiger partial charge < -0.3 is 4.57 Å². The van der Waals surface area contributed by atoms with Crippen LogP contribution in [-0.2, 0) is 6.54 Å². The Morgan fingerprint density at radius 3 is 2.85 bits per heavy atom. The van der Waals surface area contributed by atoms with Gasteiger partial charge in [0.1, 0.15) is 0 Å². The van der Waals surface area contributed by atoms with Crippen molar-refractivity contribution in [2.24, 2.45) is 0 Å². The molecule has 2 heteroatoms. The minimum absolute atomic E-state index is 0.105. The summed E-state index contributed by atoms with van der Waals surface area (Å²) in [5.74, 6) is 0.105. The lowest BCUT2D eigenvalue weighted by atomic mass is 10.2. The Morgan fingerprint density at radius 2 is 2.31 bits per heavy atom. The summed E-state index contributed by atoms with van der Waals surface area (Å²) in [5.41, 5.74) is 1.90. The average Bonchev–Trinajstić information content (AvgIpc) is 2.52. The first-order valence-corrected chi connectivity index (χ1v) is 4.48. The summed E-state index contributed by atoms with van der Waals surface area (Å²) in [7, 11) is 0. The van der Waals surface area contributed by atoms with E-state index >= 15 is 0 Å². The second-order valence-corrected chi connectivity index (χ2v) is 3.18. The Kier molecular flexibility index (Phi) is 3.07. The molecular weight excluding hydrogens is 162 g/mol. The first kappa shape index (κ1) is 9.78. The Bertz CT molecular complexity index is 323. The molecule has 13 heavy (non-hydrogen) atoms. The third-order valence-electron chi connectivity index (χ3n) is 2.08. The quantitative estimate of drug-likeness (QED) is 0.512. The largest absolute Gasteiger partial charge is 0.341 e. The molecule has 0 bridgehead atoms. The molecule has 70 valence electrons. The normalized spacial score (nSPS) is 10.0. The molecule has 0 aromatic carbocycles. The number of ketones is 1. The van der Waals surface area contributed by atoms with Crippen molar-refractivity contribution in [3.8, 4) is 0 Å². The maximum atomic E-state index is 11.1. The zero-order valence-electron chi connectivity index (χ0n) is 8.21. The van der Waals surface area contributed by atoms with Crippen molar-refractivity contribution in [2.75, 3.05) is 0 Å². The summed E-state index contributed by atoms with van der Waals surface area (Å²) >= 11 is 0. The van der Waals surface area contributed by atoms with E-state index in [2.05, 4.69) is 13.5 Å². The maximum absolute atomic E-state index is 11.1. The molecule has 0 aliphatic rings. The number of aromatic nitrogens is 1. The third-order valence-corrected chi connectivity index (χ3v) is 2.08. The predicted octanol–water partition coefficient (Wildman–Crippen LogP) is 2.66. The lowest BCUT2D eigenvalue weighted by Crippen LogP contribution is -2.06. The van der Waals surface area contributed by atoms with E-state index in [1.807, 2.05) is 22.9 Å². The highest BCUT2D eigenvalue weighted by Gasteiger charge is 2.05. The second kappa shape index (κ2) is 4.08. The van der Waals surface area contributed by atoms with Crippen molar-refractivity contribution in [1.29, 1.82) is 0 Å². The summed E-state index contributed by atoms with van der Waals surface area (Å²) in [5, 5.41) is 0. The minimum atomic E-state index is 0.105. The Labute approximate surface area is 78.9 Å². The Balaban J connectivity index is 2.82. The topological polar surface area (TPSA) is 22.0 Å². The van der Waals surface area contributed by atoms with Crippen LogP contribution in [0.25, 0.3) is 0 Å². The number of rotatable bonds is 4. The van der Waals surface area contributed by atoms with E-state index in [1.54, 1.807) is 6.92 Å². The molecule has 0 atom stereocenters. The van der Waals surface area contributed by atoms with E-state index in [0.717, 1.165) is 24.2 Å². The highest BCUT2D eigenvalue weighted by Crippen LogP contribution is 2.08. The van der Waals surface area contributed by atoms with E-state index in [1.165, 1.54) is 0 Å². The summed E-state index contributed by atoms with van der Waals surface area (Å²) in [4.78, 5) is 11.1. The van der Waals surface area contributed by atoms with Crippen molar-refractivity contribution in [2.45, 2.75) is 26.8 Å². The third kappa shape index (κ3) is 2.31. The molecule has 0 spiro atoms. The van der Waals surface area contributed by atoms with Gasteiger partial charge in [-0.15, -0.1) is 0 Å². The molecule has 1 rings (SSSR count). The van der Waals surface area contributed by atoms with E-state index in [0.29, 0.717) is 0 Å². The molecule has 0 saturated heterocycles. The molecule has 0 unspecified atom stereocenters. The molecule has 0 saturated carbocycles. The molecule has 1 aromatic rings. The van der Waals surface area contributed by atoms with Gasteiger partial charge in [0.15, 0.2) is 5.78 Å². The fourth-order valence-electron chi connectivity index (χ4n) is 1.22. The average molecular weight is 177 g/mol. The summed E-state index contributed by atoms with van der Waals surface area (Å²) in [6, 6.07) is 3.73. The van der Waals surface area contributed by atoms with Crippen LogP contribution in [0.15, 0.2) is 30.5 Å². The highest BCUT2D eigenvalue weighted by molar-refractivity contribution is 5.92. The van der Waals surface area contributed by atoms with Crippen LogP contribution in [0.4, 0.5) is 0 Å². The number of Topliss-reactive ketones (excluding diaryl/α,β-unsaturated/α-hetero) is 1. The minimum Gasteiger partial charge on any atom is -0.341 e. The molecule has 0 aliphatic carbocycles. The van der Waals surface area contributed by atoms with Crippen LogP contribution < -0.4 is 0 Å². The van der Waals surface area contributed by atoms with Gasteiger partial charge in [0.25, 0.3) is 0 Å². The van der Waals surface area contributed by atoms with Gasteiger partial charge in [-0.3, -0.25) is 4.79 Å². The van der Waals surface area contributed by atoms with Crippen molar-refractivity contribution >= 4 is 5.78 Å².